The standard InChI is InChI=1S/C17H15N3O2/c1-2-6-12(7-3-1)15-14(17-18-9-5-10-19-17)16(22-20-15)13-8-4-11-21-13/h1-4,6-8,11H,5,9-10H2,(H,18,19). The molecule has 0 spiro atoms. The average molecular weight is 293 g/mol. The molecule has 0 saturated heterocycles. The van der Waals surface area contributed by atoms with Crippen LogP contribution in [0.2, 0.25) is 0 Å². The maximum atomic E-state index is 5.58. The van der Waals surface area contributed by atoms with Crippen molar-refractivity contribution < 1.29 is 8.94 Å². The Hall–Kier alpha value is -2.82. The molecule has 5 heteroatoms. The first kappa shape index (κ1) is 12.9. The van der Waals surface area contributed by atoms with E-state index in [-0.39, 0.29) is 0 Å². The molecule has 5 nitrogen and oxygen atoms in total. The predicted octanol–water partition coefficient (Wildman–Crippen LogP) is 3.34. The highest BCUT2D eigenvalue weighted by Gasteiger charge is 2.25. The lowest BCUT2D eigenvalue weighted by Crippen LogP contribution is -2.30. The van der Waals surface area contributed by atoms with Gasteiger partial charge in [0.05, 0.1) is 11.8 Å². The fourth-order valence-electron chi connectivity index (χ4n) is 2.58. The van der Waals surface area contributed by atoms with Gasteiger partial charge in [-0.2, -0.15) is 0 Å². The Kier molecular flexibility index (Phi) is 3.23. The summed E-state index contributed by atoms with van der Waals surface area (Å²) in [6.45, 7) is 1.70. The number of furan rings is 1. The van der Waals surface area contributed by atoms with Crippen LogP contribution in [0.5, 0.6) is 0 Å². The fourth-order valence-corrected chi connectivity index (χ4v) is 2.58. The molecule has 0 bridgehead atoms. The van der Waals surface area contributed by atoms with Gasteiger partial charge in [-0.3, -0.25) is 4.99 Å². The van der Waals surface area contributed by atoms with E-state index in [0.29, 0.717) is 11.5 Å². The van der Waals surface area contributed by atoms with Gasteiger partial charge in [-0.25, -0.2) is 0 Å². The molecule has 1 N–H and O–H groups in total. The minimum Gasteiger partial charge on any atom is -0.461 e. The third kappa shape index (κ3) is 2.20. The molecule has 22 heavy (non-hydrogen) atoms. The first-order valence-corrected chi connectivity index (χ1v) is 7.31. The Labute approximate surface area is 127 Å². The normalized spacial score (nSPS) is 14.5. The summed E-state index contributed by atoms with van der Waals surface area (Å²) >= 11 is 0. The monoisotopic (exact) mass is 293 g/mol. The third-order valence-corrected chi connectivity index (χ3v) is 3.62. The lowest BCUT2D eigenvalue weighted by molar-refractivity contribution is 0.420. The van der Waals surface area contributed by atoms with Gasteiger partial charge in [-0.05, 0) is 18.6 Å². The highest BCUT2D eigenvalue weighted by atomic mass is 16.5. The largest absolute Gasteiger partial charge is 0.461 e. The van der Waals surface area contributed by atoms with E-state index in [1.165, 1.54) is 0 Å². The molecule has 0 unspecified atom stereocenters. The number of rotatable bonds is 3. The highest BCUT2D eigenvalue weighted by molar-refractivity contribution is 6.08. The van der Waals surface area contributed by atoms with Crippen molar-refractivity contribution >= 4 is 5.84 Å². The van der Waals surface area contributed by atoms with Crippen LogP contribution in [0.25, 0.3) is 22.8 Å². The zero-order valence-electron chi connectivity index (χ0n) is 12.0. The molecule has 0 saturated carbocycles. The maximum Gasteiger partial charge on any atom is 0.213 e. The van der Waals surface area contributed by atoms with E-state index in [0.717, 1.165) is 42.2 Å². The number of nitrogens with one attached hydrogen (secondary N) is 1. The van der Waals surface area contributed by atoms with Crippen LogP contribution in [-0.4, -0.2) is 24.1 Å². The summed E-state index contributed by atoms with van der Waals surface area (Å²) in [6.07, 6.45) is 2.66. The fraction of sp³-hybridized carbons (Fsp3) is 0.176. The van der Waals surface area contributed by atoms with Gasteiger partial charge in [0.25, 0.3) is 0 Å². The van der Waals surface area contributed by atoms with E-state index < -0.39 is 0 Å². The summed E-state index contributed by atoms with van der Waals surface area (Å²) in [5.41, 5.74) is 2.63. The molecule has 0 aliphatic carbocycles. The van der Waals surface area contributed by atoms with E-state index in [1.807, 2.05) is 42.5 Å². The van der Waals surface area contributed by atoms with E-state index >= 15 is 0 Å². The number of amidine groups is 1. The predicted molar refractivity (Wildman–Crippen MR) is 83.7 cm³/mol. The lowest BCUT2D eigenvalue weighted by atomic mass is 10.0. The van der Waals surface area contributed by atoms with E-state index in [1.54, 1.807) is 6.26 Å². The summed E-state index contributed by atoms with van der Waals surface area (Å²) in [5.74, 6) is 2.08. The lowest BCUT2D eigenvalue weighted by Gasteiger charge is -2.14. The Morgan fingerprint density at radius 1 is 1.05 bits per heavy atom. The second-order valence-corrected chi connectivity index (χ2v) is 5.09. The van der Waals surface area contributed by atoms with Crippen LogP contribution < -0.4 is 5.32 Å². The smallest absolute Gasteiger partial charge is 0.213 e. The molecule has 3 aromatic rings. The van der Waals surface area contributed by atoms with Gasteiger partial charge in [-0.15, -0.1) is 0 Å². The SMILES string of the molecule is c1ccc(-c2noc(-c3ccco3)c2C2=NCCCN2)cc1. The molecular formula is C17H15N3O2. The van der Waals surface area contributed by atoms with Crippen molar-refractivity contribution in [1.29, 1.82) is 0 Å². The van der Waals surface area contributed by atoms with E-state index in [9.17, 15) is 0 Å². The number of aliphatic imine (C=N–C) groups is 1. The van der Waals surface area contributed by atoms with Gasteiger partial charge < -0.3 is 14.3 Å². The molecular weight excluding hydrogens is 278 g/mol. The van der Waals surface area contributed by atoms with E-state index in [4.69, 9.17) is 8.94 Å². The van der Waals surface area contributed by atoms with Crippen LogP contribution in [0, 0.1) is 0 Å². The zero-order chi connectivity index (χ0) is 14.8. The van der Waals surface area contributed by atoms with Crippen molar-refractivity contribution in [2.45, 2.75) is 6.42 Å². The molecule has 0 radical (unpaired) electrons. The van der Waals surface area contributed by atoms with Crippen molar-refractivity contribution in [2.24, 2.45) is 4.99 Å². The zero-order valence-corrected chi connectivity index (χ0v) is 12.0. The Morgan fingerprint density at radius 3 is 2.68 bits per heavy atom. The summed E-state index contributed by atoms with van der Waals surface area (Å²) in [6, 6.07) is 13.7. The van der Waals surface area contributed by atoms with Gasteiger partial charge in [-0.1, -0.05) is 35.5 Å². The molecule has 2 aromatic heterocycles. The van der Waals surface area contributed by atoms with Crippen molar-refractivity contribution in [3.8, 4) is 22.8 Å². The minimum absolute atomic E-state index is 0.608. The Morgan fingerprint density at radius 2 is 1.95 bits per heavy atom. The number of hydrogen-bond acceptors (Lipinski definition) is 5. The maximum absolute atomic E-state index is 5.58. The number of aromatic nitrogens is 1. The molecule has 0 atom stereocenters. The summed E-state index contributed by atoms with van der Waals surface area (Å²) < 4.78 is 11.1. The first-order valence-electron chi connectivity index (χ1n) is 7.31. The Bertz CT molecular complexity index is 789. The van der Waals surface area contributed by atoms with Gasteiger partial charge in [0.1, 0.15) is 11.5 Å². The topological polar surface area (TPSA) is 63.6 Å². The molecule has 1 aliphatic rings. The van der Waals surface area contributed by atoms with Crippen LogP contribution in [0.15, 0.2) is 62.7 Å². The quantitative estimate of drug-likeness (QED) is 0.804. The summed E-state index contributed by atoms with van der Waals surface area (Å²) in [4.78, 5) is 4.59. The summed E-state index contributed by atoms with van der Waals surface area (Å²) in [7, 11) is 0. The van der Waals surface area contributed by atoms with Gasteiger partial charge in [0.2, 0.25) is 5.76 Å². The van der Waals surface area contributed by atoms with Crippen molar-refractivity contribution in [3.63, 3.8) is 0 Å². The number of nitrogens with zero attached hydrogens (tertiary/aromatic N) is 2. The average Bonchev–Trinajstić information content (AvgIpc) is 3.25. The van der Waals surface area contributed by atoms with Crippen LogP contribution in [0.4, 0.5) is 0 Å². The van der Waals surface area contributed by atoms with E-state index in [2.05, 4.69) is 15.5 Å². The van der Waals surface area contributed by atoms with Crippen LogP contribution >= 0.6 is 0 Å². The molecule has 110 valence electrons. The minimum atomic E-state index is 0.608. The molecule has 1 aromatic carbocycles. The van der Waals surface area contributed by atoms with Crippen LogP contribution in [0.3, 0.4) is 0 Å². The molecule has 3 heterocycles. The van der Waals surface area contributed by atoms with Crippen molar-refractivity contribution in [1.82, 2.24) is 10.5 Å². The highest BCUT2D eigenvalue weighted by Crippen LogP contribution is 2.33. The molecule has 0 amide bonds. The van der Waals surface area contributed by atoms with Crippen molar-refractivity contribution in [3.05, 3.63) is 54.3 Å². The third-order valence-electron chi connectivity index (χ3n) is 3.62. The van der Waals surface area contributed by atoms with Gasteiger partial charge in [0.15, 0.2) is 5.76 Å². The van der Waals surface area contributed by atoms with Crippen molar-refractivity contribution in [2.75, 3.05) is 13.1 Å². The van der Waals surface area contributed by atoms with Crippen LogP contribution in [0.1, 0.15) is 12.0 Å². The summed E-state index contributed by atoms with van der Waals surface area (Å²) in [5, 5.41) is 7.60. The Balaban J connectivity index is 1.91. The number of benzene rings is 1. The first-order chi connectivity index (χ1) is 10.9. The second kappa shape index (κ2) is 5.52. The molecule has 1 aliphatic heterocycles. The molecule has 4 rings (SSSR count). The second-order valence-electron chi connectivity index (χ2n) is 5.09. The van der Waals surface area contributed by atoms with Gasteiger partial charge >= 0.3 is 0 Å². The van der Waals surface area contributed by atoms with Gasteiger partial charge in [0, 0.05) is 18.7 Å². The molecule has 0 fully saturated rings. The van der Waals surface area contributed by atoms with Crippen LogP contribution in [-0.2, 0) is 0 Å². The number of hydrogen-bond donors (Lipinski definition) is 1.